The molecule has 0 aliphatic carbocycles. The first-order chi connectivity index (χ1) is 7.88. The lowest BCUT2D eigenvalue weighted by Crippen LogP contribution is -2.23. The van der Waals surface area contributed by atoms with E-state index >= 15 is 0 Å². The molecule has 0 bridgehead atoms. The normalized spacial score (nSPS) is 13.1. The van der Waals surface area contributed by atoms with Gasteiger partial charge < -0.3 is 4.74 Å². The van der Waals surface area contributed by atoms with E-state index in [1.165, 1.54) is 0 Å². The molecule has 0 fully saturated rings. The van der Waals surface area contributed by atoms with Crippen molar-refractivity contribution in [2.75, 3.05) is 11.9 Å². The highest BCUT2D eigenvalue weighted by molar-refractivity contribution is 9.09. The van der Waals surface area contributed by atoms with Crippen LogP contribution < -0.4 is 0 Å². The Kier molecular flexibility index (Phi) is 8.23. The zero-order valence-corrected chi connectivity index (χ0v) is 12.8. The van der Waals surface area contributed by atoms with Crippen molar-refractivity contribution < 1.29 is 9.53 Å². The van der Waals surface area contributed by atoms with Gasteiger partial charge in [0.1, 0.15) is 6.61 Å². The molecule has 0 saturated heterocycles. The molecule has 0 aliphatic heterocycles. The van der Waals surface area contributed by atoms with Crippen LogP contribution in [0, 0.1) is 5.41 Å². The van der Waals surface area contributed by atoms with Gasteiger partial charge in [0.25, 0.3) is 0 Å². The van der Waals surface area contributed by atoms with Crippen LogP contribution in [0.15, 0.2) is 23.8 Å². The molecule has 0 heterocycles. The van der Waals surface area contributed by atoms with Gasteiger partial charge in [-0.25, -0.2) is 0 Å². The monoisotopic (exact) mass is 302 g/mol. The van der Waals surface area contributed by atoms with Crippen LogP contribution in [-0.4, -0.2) is 17.9 Å². The number of esters is 1. The van der Waals surface area contributed by atoms with Gasteiger partial charge in [0.2, 0.25) is 0 Å². The molecule has 0 aromatic rings. The van der Waals surface area contributed by atoms with Crippen LogP contribution in [0.5, 0.6) is 0 Å². The van der Waals surface area contributed by atoms with Gasteiger partial charge in [0.15, 0.2) is 0 Å². The van der Waals surface area contributed by atoms with Crippen LogP contribution in [0.3, 0.4) is 0 Å². The Hall–Kier alpha value is -0.570. The fourth-order valence-corrected chi connectivity index (χ4v) is 1.33. The zero-order valence-electron chi connectivity index (χ0n) is 11.3. The van der Waals surface area contributed by atoms with Crippen LogP contribution >= 0.6 is 15.9 Å². The molecule has 0 aromatic heterocycles. The number of hydrogen-bond donors (Lipinski definition) is 0. The molecule has 0 rings (SSSR count). The average molecular weight is 303 g/mol. The summed E-state index contributed by atoms with van der Waals surface area (Å²) in [6, 6.07) is 0. The van der Waals surface area contributed by atoms with Crippen molar-refractivity contribution >= 4 is 21.9 Å². The van der Waals surface area contributed by atoms with Gasteiger partial charge in [-0.1, -0.05) is 34.2 Å². The summed E-state index contributed by atoms with van der Waals surface area (Å²) in [6.07, 6.45) is 8.36. The van der Waals surface area contributed by atoms with Crippen LogP contribution in [0.1, 0.15) is 40.5 Å². The lowest BCUT2D eigenvalue weighted by Gasteiger charge is -2.16. The third-order valence-corrected chi connectivity index (χ3v) is 2.50. The van der Waals surface area contributed by atoms with Gasteiger partial charge in [0.05, 0.1) is 5.41 Å². The highest BCUT2D eigenvalue weighted by Crippen LogP contribution is 2.15. The van der Waals surface area contributed by atoms with Gasteiger partial charge in [-0.05, 0) is 46.1 Å². The summed E-state index contributed by atoms with van der Waals surface area (Å²) in [5.41, 5.74) is 0.689. The van der Waals surface area contributed by atoms with E-state index in [0.717, 1.165) is 23.7 Å². The minimum Gasteiger partial charge on any atom is -0.461 e. The van der Waals surface area contributed by atoms with E-state index in [-0.39, 0.29) is 5.97 Å². The Morgan fingerprint density at radius 1 is 1.24 bits per heavy atom. The number of allylic oxidation sites excluding steroid dienone is 3. The maximum atomic E-state index is 11.5. The first-order valence-electron chi connectivity index (χ1n) is 5.91. The molecule has 0 saturated carbocycles. The molecule has 0 radical (unpaired) electrons. The quantitative estimate of drug-likeness (QED) is 0.317. The number of hydrogen-bond acceptors (Lipinski definition) is 2. The minimum absolute atomic E-state index is 0.149. The van der Waals surface area contributed by atoms with Crippen molar-refractivity contribution in [2.45, 2.75) is 40.5 Å². The smallest absolute Gasteiger partial charge is 0.311 e. The van der Waals surface area contributed by atoms with Crippen molar-refractivity contribution in [3.8, 4) is 0 Å². The number of unbranched alkanes of at least 4 members (excludes halogenated alkanes) is 1. The molecule has 0 aromatic carbocycles. The summed E-state index contributed by atoms with van der Waals surface area (Å²) in [4.78, 5) is 11.5. The van der Waals surface area contributed by atoms with Crippen molar-refractivity contribution in [2.24, 2.45) is 5.41 Å². The predicted octanol–water partition coefficient (Wildman–Crippen LogP) is 4.25. The summed E-state index contributed by atoms with van der Waals surface area (Å²) in [5.74, 6) is -0.149. The standard InChI is InChI=1S/C14H23BrO2/c1-12(9-7-5-6-8-10-15)11-17-13(16)14(2,3)4/h6,8-9H,5,7,10-11H2,1-4H3. The largest absolute Gasteiger partial charge is 0.461 e. The molecule has 3 heteroatoms. The van der Waals surface area contributed by atoms with Crippen molar-refractivity contribution in [3.63, 3.8) is 0 Å². The van der Waals surface area contributed by atoms with Crippen molar-refractivity contribution in [1.29, 1.82) is 0 Å². The molecule has 0 N–H and O–H groups in total. The molecule has 0 unspecified atom stereocenters. The summed E-state index contributed by atoms with van der Waals surface area (Å²) >= 11 is 3.33. The molecular weight excluding hydrogens is 280 g/mol. The van der Waals surface area contributed by atoms with Crippen LogP contribution in [-0.2, 0) is 9.53 Å². The zero-order chi connectivity index (χ0) is 13.3. The van der Waals surface area contributed by atoms with Gasteiger partial charge >= 0.3 is 5.97 Å². The summed E-state index contributed by atoms with van der Waals surface area (Å²) in [6.45, 7) is 7.97. The second-order valence-corrected chi connectivity index (χ2v) is 5.73. The minimum atomic E-state index is -0.418. The van der Waals surface area contributed by atoms with E-state index in [9.17, 15) is 4.79 Å². The van der Waals surface area contributed by atoms with E-state index < -0.39 is 5.41 Å². The Balaban J connectivity index is 3.86. The number of carbonyl (C=O) groups excluding carboxylic acids is 1. The van der Waals surface area contributed by atoms with Gasteiger partial charge in [0, 0.05) is 5.33 Å². The topological polar surface area (TPSA) is 26.3 Å². The second kappa shape index (κ2) is 8.51. The lowest BCUT2D eigenvalue weighted by molar-refractivity contribution is -0.151. The Morgan fingerprint density at radius 2 is 1.88 bits per heavy atom. The van der Waals surface area contributed by atoms with Gasteiger partial charge in [-0.2, -0.15) is 0 Å². The van der Waals surface area contributed by atoms with Crippen molar-refractivity contribution in [1.82, 2.24) is 0 Å². The molecule has 0 atom stereocenters. The highest BCUT2D eigenvalue weighted by atomic mass is 79.9. The number of halogens is 1. The summed E-state index contributed by atoms with van der Waals surface area (Å²) < 4.78 is 5.21. The number of rotatable bonds is 6. The molecule has 0 spiro atoms. The lowest BCUT2D eigenvalue weighted by atomic mass is 9.97. The van der Waals surface area contributed by atoms with E-state index in [2.05, 4.69) is 34.2 Å². The second-order valence-electron chi connectivity index (χ2n) is 5.08. The van der Waals surface area contributed by atoms with Crippen LogP contribution in [0.25, 0.3) is 0 Å². The summed E-state index contributed by atoms with van der Waals surface area (Å²) in [7, 11) is 0. The van der Waals surface area contributed by atoms with E-state index in [4.69, 9.17) is 4.74 Å². The molecule has 0 aliphatic rings. The SMILES string of the molecule is CC(=CCCC=CCBr)COC(=O)C(C)(C)C. The summed E-state index contributed by atoms with van der Waals surface area (Å²) in [5, 5.41) is 0.902. The average Bonchev–Trinajstić information content (AvgIpc) is 2.24. The van der Waals surface area contributed by atoms with Crippen LogP contribution in [0.2, 0.25) is 0 Å². The van der Waals surface area contributed by atoms with Crippen LogP contribution in [0.4, 0.5) is 0 Å². The Bertz CT molecular complexity index is 285. The molecule has 2 nitrogen and oxygen atoms in total. The van der Waals surface area contributed by atoms with E-state index in [1.54, 1.807) is 0 Å². The maximum absolute atomic E-state index is 11.5. The molecule has 17 heavy (non-hydrogen) atoms. The fourth-order valence-electron chi connectivity index (χ4n) is 1.06. The maximum Gasteiger partial charge on any atom is 0.311 e. The molecular formula is C14H23BrO2. The van der Waals surface area contributed by atoms with E-state index in [1.807, 2.05) is 27.7 Å². The number of alkyl halides is 1. The predicted molar refractivity (Wildman–Crippen MR) is 76.3 cm³/mol. The molecule has 0 amide bonds. The molecule has 98 valence electrons. The Morgan fingerprint density at radius 3 is 2.41 bits per heavy atom. The highest BCUT2D eigenvalue weighted by Gasteiger charge is 2.22. The van der Waals surface area contributed by atoms with Gasteiger partial charge in [-0.15, -0.1) is 0 Å². The van der Waals surface area contributed by atoms with E-state index in [0.29, 0.717) is 6.61 Å². The Labute approximate surface area is 113 Å². The first kappa shape index (κ1) is 16.4. The number of ether oxygens (including phenoxy) is 1. The third-order valence-electron chi connectivity index (χ3n) is 2.13. The fraction of sp³-hybridized carbons (Fsp3) is 0.643. The van der Waals surface area contributed by atoms with Gasteiger partial charge in [-0.3, -0.25) is 4.79 Å². The van der Waals surface area contributed by atoms with Crippen molar-refractivity contribution in [3.05, 3.63) is 23.8 Å². The first-order valence-corrected chi connectivity index (χ1v) is 7.04. The number of carbonyl (C=O) groups is 1. The third kappa shape index (κ3) is 9.16.